The summed E-state index contributed by atoms with van der Waals surface area (Å²) in [7, 11) is 0. The summed E-state index contributed by atoms with van der Waals surface area (Å²) in [6.07, 6.45) is 2.60. The van der Waals surface area contributed by atoms with E-state index in [2.05, 4.69) is 19.9 Å². The number of hydrogen-bond acceptors (Lipinski definition) is 4. The summed E-state index contributed by atoms with van der Waals surface area (Å²) in [5.74, 6) is 0.312. The molecule has 4 aromatic rings. The number of hydrogen-bond donors (Lipinski definition) is 3. The lowest BCUT2D eigenvalue weighted by atomic mass is 10.0. The summed E-state index contributed by atoms with van der Waals surface area (Å²) in [6, 6.07) is 12.0. The molecule has 0 saturated carbocycles. The Hall–Kier alpha value is -3.45. The number of nitrogens with one attached hydrogen (secondary N) is 2. The maximum atomic E-state index is 13.6. The number of rotatable bonds is 3. The fraction of sp³-hybridized carbons (Fsp3) is 0.182. The molecule has 0 spiro atoms. The molecule has 5 rings (SSSR count). The lowest BCUT2D eigenvalue weighted by Gasteiger charge is -2.27. The highest BCUT2D eigenvalue weighted by Crippen LogP contribution is 2.24. The number of nitrogen functional groups attached to an aromatic ring is 1. The topological polar surface area (TPSA) is 90.8 Å². The van der Waals surface area contributed by atoms with Crippen LogP contribution >= 0.6 is 0 Å². The maximum Gasteiger partial charge on any atom is 0.255 e. The Kier molecular flexibility index (Phi) is 4.17. The van der Waals surface area contributed by atoms with Gasteiger partial charge in [0.2, 0.25) is 0 Å². The molecule has 146 valence electrons. The van der Waals surface area contributed by atoms with E-state index in [1.54, 1.807) is 24.3 Å². The predicted octanol–water partition coefficient (Wildman–Crippen LogP) is 3.20. The van der Waals surface area contributed by atoms with E-state index >= 15 is 0 Å². The molecule has 0 radical (unpaired) electrons. The lowest BCUT2D eigenvalue weighted by molar-refractivity contribution is 0.242. The molecule has 1 aliphatic rings. The number of benzene rings is 2. The fourth-order valence-electron chi connectivity index (χ4n) is 3.92. The van der Waals surface area contributed by atoms with Gasteiger partial charge in [-0.1, -0.05) is 0 Å². The average Bonchev–Trinajstić information content (AvgIpc) is 3.11. The van der Waals surface area contributed by atoms with Crippen molar-refractivity contribution in [1.29, 1.82) is 0 Å². The first-order valence-electron chi connectivity index (χ1n) is 9.53. The molecule has 3 heterocycles. The molecule has 29 heavy (non-hydrogen) atoms. The lowest BCUT2D eigenvalue weighted by Crippen LogP contribution is -2.35. The highest BCUT2D eigenvalue weighted by atomic mass is 19.1. The minimum absolute atomic E-state index is 0.114. The van der Waals surface area contributed by atoms with Gasteiger partial charge in [-0.05, 0) is 48.0 Å². The number of nitrogens with two attached hydrogens (primary N) is 1. The predicted molar refractivity (Wildman–Crippen MR) is 111 cm³/mol. The van der Waals surface area contributed by atoms with Crippen molar-refractivity contribution in [2.24, 2.45) is 0 Å². The van der Waals surface area contributed by atoms with Crippen LogP contribution in [0.1, 0.15) is 16.8 Å². The molecule has 0 amide bonds. The number of aromatic amines is 2. The second kappa shape index (κ2) is 6.86. The molecular formula is C22H20FN5O. The molecule has 0 atom stereocenters. The van der Waals surface area contributed by atoms with Crippen molar-refractivity contribution in [1.82, 2.24) is 19.9 Å². The Morgan fingerprint density at radius 1 is 1.17 bits per heavy atom. The van der Waals surface area contributed by atoms with E-state index in [1.165, 1.54) is 6.07 Å². The zero-order valence-corrected chi connectivity index (χ0v) is 15.7. The van der Waals surface area contributed by atoms with Gasteiger partial charge in [0.15, 0.2) is 0 Å². The Morgan fingerprint density at radius 3 is 2.83 bits per heavy atom. The summed E-state index contributed by atoms with van der Waals surface area (Å²) in [6.45, 7) is 1.94. The number of H-pyrrole nitrogens is 2. The first-order valence-corrected chi connectivity index (χ1v) is 9.53. The first-order chi connectivity index (χ1) is 14.1. The summed E-state index contributed by atoms with van der Waals surface area (Å²) in [5, 5.41) is 0.876. The number of fused-ring (bicyclic) bond motifs is 2. The van der Waals surface area contributed by atoms with Crippen LogP contribution in [0.2, 0.25) is 0 Å². The van der Waals surface area contributed by atoms with Gasteiger partial charge in [0.1, 0.15) is 11.6 Å². The van der Waals surface area contributed by atoms with E-state index in [9.17, 15) is 9.18 Å². The molecule has 0 bridgehead atoms. The SMILES string of the molecule is Nc1ccc(-c2nc3c(c(=O)[nH]2)CN(Cc2c[nH]c4ccc(F)cc24)CC3)cc1. The third-order valence-corrected chi connectivity index (χ3v) is 5.46. The Labute approximate surface area is 166 Å². The van der Waals surface area contributed by atoms with Crippen molar-refractivity contribution in [3.8, 4) is 11.4 Å². The van der Waals surface area contributed by atoms with Crippen LogP contribution in [0.4, 0.5) is 10.1 Å². The minimum Gasteiger partial charge on any atom is -0.399 e. The van der Waals surface area contributed by atoms with Crippen LogP contribution in [0.25, 0.3) is 22.3 Å². The first kappa shape index (κ1) is 17.6. The van der Waals surface area contributed by atoms with Gasteiger partial charge in [-0.3, -0.25) is 9.69 Å². The van der Waals surface area contributed by atoms with E-state index in [1.807, 2.05) is 18.3 Å². The van der Waals surface area contributed by atoms with Crippen molar-refractivity contribution < 1.29 is 4.39 Å². The van der Waals surface area contributed by atoms with Gasteiger partial charge in [0.05, 0.1) is 11.3 Å². The number of aromatic nitrogens is 3. The molecule has 0 fully saturated rings. The molecule has 0 saturated heterocycles. The van der Waals surface area contributed by atoms with Crippen LogP contribution in [0.15, 0.2) is 53.5 Å². The monoisotopic (exact) mass is 389 g/mol. The fourth-order valence-corrected chi connectivity index (χ4v) is 3.92. The number of nitrogens with zero attached hydrogens (tertiary/aromatic N) is 2. The molecule has 0 aliphatic carbocycles. The van der Waals surface area contributed by atoms with Crippen LogP contribution < -0.4 is 11.3 Å². The van der Waals surface area contributed by atoms with Crippen LogP contribution in [0.5, 0.6) is 0 Å². The number of halogens is 1. The molecule has 2 aromatic heterocycles. The van der Waals surface area contributed by atoms with Crippen molar-refractivity contribution in [3.05, 3.63) is 81.7 Å². The highest BCUT2D eigenvalue weighted by Gasteiger charge is 2.22. The summed E-state index contributed by atoms with van der Waals surface area (Å²) in [5.41, 5.74) is 10.6. The van der Waals surface area contributed by atoms with Gasteiger partial charge in [0, 0.05) is 54.4 Å². The van der Waals surface area contributed by atoms with E-state index in [0.29, 0.717) is 36.6 Å². The minimum atomic E-state index is -0.252. The summed E-state index contributed by atoms with van der Waals surface area (Å²) >= 11 is 0. The van der Waals surface area contributed by atoms with Crippen LogP contribution in [0, 0.1) is 5.82 Å². The standard InChI is InChI=1S/C22H20FN5O/c23-15-3-6-19-17(9-15)14(10-25-19)11-28-8-7-20-18(12-28)22(29)27-21(26-20)13-1-4-16(24)5-2-13/h1-6,9-10,25H,7-8,11-12,24H2,(H,26,27,29). The average molecular weight is 389 g/mol. The third kappa shape index (κ3) is 3.30. The van der Waals surface area contributed by atoms with Gasteiger partial charge in [-0.25, -0.2) is 9.37 Å². The van der Waals surface area contributed by atoms with Crippen LogP contribution in [0.3, 0.4) is 0 Å². The molecule has 2 aromatic carbocycles. The maximum absolute atomic E-state index is 13.6. The third-order valence-electron chi connectivity index (χ3n) is 5.46. The summed E-state index contributed by atoms with van der Waals surface area (Å²) < 4.78 is 13.6. The van der Waals surface area contributed by atoms with E-state index in [0.717, 1.165) is 34.3 Å². The van der Waals surface area contributed by atoms with Crippen molar-refractivity contribution in [2.45, 2.75) is 19.5 Å². The van der Waals surface area contributed by atoms with Crippen molar-refractivity contribution in [2.75, 3.05) is 12.3 Å². The van der Waals surface area contributed by atoms with Crippen molar-refractivity contribution in [3.63, 3.8) is 0 Å². The normalized spacial score (nSPS) is 14.2. The van der Waals surface area contributed by atoms with Gasteiger partial charge in [0.25, 0.3) is 5.56 Å². The number of anilines is 1. The molecule has 1 aliphatic heterocycles. The van der Waals surface area contributed by atoms with Gasteiger partial charge < -0.3 is 15.7 Å². The molecule has 0 unspecified atom stereocenters. The Balaban J connectivity index is 1.41. The second-order valence-electron chi connectivity index (χ2n) is 7.43. The Morgan fingerprint density at radius 2 is 2.00 bits per heavy atom. The van der Waals surface area contributed by atoms with E-state index in [-0.39, 0.29) is 11.4 Å². The highest BCUT2D eigenvalue weighted by molar-refractivity contribution is 5.83. The van der Waals surface area contributed by atoms with Gasteiger partial charge in [-0.2, -0.15) is 0 Å². The molecular weight excluding hydrogens is 369 g/mol. The molecule has 4 N–H and O–H groups in total. The van der Waals surface area contributed by atoms with Crippen LogP contribution in [-0.4, -0.2) is 26.4 Å². The quantitative estimate of drug-likeness (QED) is 0.469. The van der Waals surface area contributed by atoms with E-state index < -0.39 is 0 Å². The smallest absolute Gasteiger partial charge is 0.255 e. The molecule has 6 nitrogen and oxygen atoms in total. The molecule has 7 heteroatoms. The summed E-state index contributed by atoms with van der Waals surface area (Å²) in [4.78, 5) is 25.7. The zero-order chi connectivity index (χ0) is 20.0. The van der Waals surface area contributed by atoms with Crippen molar-refractivity contribution >= 4 is 16.6 Å². The largest absolute Gasteiger partial charge is 0.399 e. The van der Waals surface area contributed by atoms with Gasteiger partial charge >= 0.3 is 0 Å². The van der Waals surface area contributed by atoms with Crippen LogP contribution in [-0.2, 0) is 19.5 Å². The zero-order valence-electron chi connectivity index (χ0n) is 15.7. The second-order valence-corrected chi connectivity index (χ2v) is 7.43. The van der Waals surface area contributed by atoms with E-state index in [4.69, 9.17) is 5.73 Å². The van der Waals surface area contributed by atoms with Gasteiger partial charge in [-0.15, -0.1) is 0 Å². The Bertz CT molecular complexity index is 1260.